The summed E-state index contributed by atoms with van der Waals surface area (Å²) in [5.74, 6) is -2.45. The van der Waals surface area contributed by atoms with E-state index >= 15 is 0 Å². The molecule has 2 N–H and O–H groups in total. The van der Waals surface area contributed by atoms with Crippen molar-refractivity contribution in [1.29, 1.82) is 0 Å². The van der Waals surface area contributed by atoms with Gasteiger partial charge in [-0.1, -0.05) is 0 Å². The lowest BCUT2D eigenvalue weighted by Crippen LogP contribution is -2.14. The van der Waals surface area contributed by atoms with E-state index < -0.39 is 17.7 Å². The molecule has 0 fully saturated rings. The average molecular weight is 280 g/mol. The largest absolute Gasteiger partial charge is 0.478 e. The van der Waals surface area contributed by atoms with Crippen molar-refractivity contribution in [1.82, 2.24) is 4.98 Å². The Balaban J connectivity index is 2.32. The number of thiazole rings is 1. The third kappa shape index (κ3) is 2.76. The summed E-state index contributed by atoms with van der Waals surface area (Å²) in [6.45, 7) is 1.67. The van der Waals surface area contributed by atoms with Gasteiger partial charge in [0, 0.05) is 0 Å². The molecule has 1 aromatic carbocycles. The number of carbonyl (C=O) groups excluding carboxylic acids is 1. The SMILES string of the molecule is Cc1ncsc1C(=O)Nc1ccc(F)cc1C(=O)O. The first-order valence-electron chi connectivity index (χ1n) is 5.23. The molecule has 0 aliphatic heterocycles. The van der Waals surface area contributed by atoms with Crippen LogP contribution in [0, 0.1) is 12.7 Å². The molecule has 0 spiro atoms. The summed E-state index contributed by atoms with van der Waals surface area (Å²) in [7, 11) is 0. The van der Waals surface area contributed by atoms with Gasteiger partial charge in [0.05, 0.1) is 22.5 Å². The van der Waals surface area contributed by atoms with E-state index in [0.29, 0.717) is 10.6 Å². The number of hydrogen-bond donors (Lipinski definition) is 2. The fourth-order valence-electron chi connectivity index (χ4n) is 1.50. The molecule has 0 saturated heterocycles. The number of carboxylic acids is 1. The summed E-state index contributed by atoms with van der Waals surface area (Å²) in [5.41, 5.74) is 1.83. The van der Waals surface area contributed by atoms with Crippen molar-refractivity contribution in [3.63, 3.8) is 0 Å². The van der Waals surface area contributed by atoms with Crippen molar-refractivity contribution in [2.45, 2.75) is 6.92 Å². The maximum absolute atomic E-state index is 13.0. The first kappa shape index (κ1) is 13.2. The summed E-state index contributed by atoms with van der Waals surface area (Å²) >= 11 is 1.15. The maximum Gasteiger partial charge on any atom is 0.337 e. The highest BCUT2D eigenvalue weighted by molar-refractivity contribution is 7.12. The molecule has 0 unspecified atom stereocenters. The van der Waals surface area contributed by atoms with Crippen LogP contribution in [0.5, 0.6) is 0 Å². The zero-order valence-corrected chi connectivity index (χ0v) is 10.6. The zero-order valence-electron chi connectivity index (χ0n) is 9.81. The van der Waals surface area contributed by atoms with Crippen molar-refractivity contribution >= 4 is 28.9 Å². The lowest BCUT2D eigenvalue weighted by atomic mass is 10.1. The summed E-state index contributed by atoms with van der Waals surface area (Å²) in [6, 6.07) is 3.16. The fraction of sp³-hybridized carbons (Fsp3) is 0.0833. The Hall–Kier alpha value is -2.28. The molecule has 0 radical (unpaired) electrons. The monoisotopic (exact) mass is 280 g/mol. The molecular weight excluding hydrogens is 271 g/mol. The number of halogens is 1. The predicted molar refractivity (Wildman–Crippen MR) is 68.2 cm³/mol. The Kier molecular flexibility index (Phi) is 3.57. The quantitative estimate of drug-likeness (QED) is 0.905. The molecule has 1 aromatic heterocycles. The van der Waals surface area contributed by atoms with E-state index in [0.717, 1.165) is 23.5 Å². The highest BCUT2D eigenvalue weighted by Gasteiger charge is 2.16. The van der Waals surface area contributed by atoms with Crippen LogP contribution in [0.15, 0.2) is 23.7 Å². The first-order chi connectivity index (χ1) is 8.99. The topological polar surface area (TPSA) is 79.3 Å². The number of benzene rings is 1. The number of aryl methyl sites for hydroxylation is 1. The Bertz CT molecular complexity index is 654. The van der Waals surface area contributed by atoms with Crippen LogP contribution in [-0.2, 0) is 0 Å². The molecule has 19 heavy (non-hydrogen) atoms. The number of hydrogen-bond acceptors (Lipinski definition) is 4. The van der Waals surface area contributed by atoms with E-state index in [4.69, 9.17) is 5.11 Å². The molecule has 7 heteroatoms. The van der Waals surface area contributed by atoms with Crippen LogP contribution >= 0.6 is 11.3 Å². The van der Waals surface area contributed by atoms with Crippen LogP contribution < -0.4 is 5.32 Å². The first-order valence-corrected chi connectivity index (χ1v) is 6.11. The molecule has 1 amide bonds. The van der Waals surface area contributed by atoms with Crippen molar-refractivity contribution in [2.24, 2.45) is 0 Å². The summed E-state index contributed by atoms with van der Waals surface area (Å²) < 4.78 is 13.0. The Morgan fingerprint density at radius 2 is 2.16 bits per heavy atom. The van der Waals surface area contributed by atoms with Gasteiger partial charge < -0.3 is 10.4 Å². The number of carboxylic acid groups (broad SMARTS) is 1. The molecule has 98 valence electrons. The summed E-state index contributed by atoms with van der Waals surface area (Å²) in [4.78, 5) is 27.2. The van der Waals surface area contributed by atoms with E-state index in [1.54, 1.807) is 6.92 Å². The number of amides is 1. The second-order valence-corrected chi connectivity index (χ2v) is 4.57. The molecule has 2 aromatic rings. The van der Waals surface area contributed by atoms with Gasteiger partial charge in [0.1, 0.15) is 10.7 Å². The Labute approximate surface area is 111 Å². The van der Waals surface area contributed by atoms with Crippen molar-refractivity contribution < 1.29 is 19.1 Å². The maximum atomic E-state index is 13.0. The van der Waals surface area contributed by atoms with Crippen LogP contribution in [-0.4, -0.2) is 22.0 Å². The number of nitrogens with one attached hydrogen (secondary N) is 1. The average Bonchev–Trinajstić information content (AvgIpc) is 2.77. The summed E-state index contributed by atoms with van der Waals surface area (Å²) in [5, 5.41) is 11.4. The third-order valence-corrected chi connectivity index (χ3v) is 3.34. The van der Waals surface area contributed by atoms with Gasteiger partial charge in [-0.3, -0.25) is 4.79 Å². The van der Waals surface area contributed by atoms with Gasteiger partial charge in [-0.15, -0.1) is 11.3 Å². The van der Waals surface area contributed by atoms with Gasteiger partial charge in [0.25, 0.3) is 5.91 Å². The van der Waals surface area contributed by atoms with Crippen molar-refractivity contribution in [2.75, 3.05) is 5.32 Å². The number of aromatic nitrogens is 1. The van der Waals surface area contributed by atoms with Gasteiger partial charge >= 0.3 is 5.97 Å². The lowest BCUT2D eigenvalue weighted by Gasteiger charge is -2.07. The van der Waals surface area contributed by atoms with Crippen LogP contribution in [0.25, 0.3) is 0 Å². The van der Waals surface area contributed by atoms with Crippen molar-refractivity contribution in [3.05, 3.63) is 45.7 Å². The number of rotatable bonds is 3. The second-order valence-electron chi connectivity index (χ2n) is 3.72. The lowest BCUT2D eigenvalue weighted by molar-refractivity contribution is 0.0697. The highest BCUT2D eigenvalue weighted by atomic mass is 32.1. The van der Waals surface area contributed by atoms with Gasteiger partial charge in [0.15, 0.2) is 0 Å². The van der Waals surface area contributed by atoms with Gasteiger partial charge in [0.2, 0.25) is 0 Å². The molecule has 1 heterocycles. The van der Waals surface area contributed by atoms with E-state index in [1.807, 2.05) is 0 Å². The minimum Gasteiger partial charge on any atom is -0.478 e. The van der Waals surface area contributed by atoms with Crippen LogP contribution in [0.2, 0.25) is 0 Å². The molecule has 2 rings (SSSR count). The minimum absolute atomic E-state index is 0.0479. The molecule has 5 nitrogen and oxygen atoms in total. The number of carbonyl (C=O) groups is 2. The van der Waals surface area contributed by atoms with Crippen LogP contribution in [0.4, 0.5) is 10.1 Å². The number of nitrogens with zero attached hydrogens (tertiary/aromatic N) is 1. The van der Waals surface area contributed by atoms with Crippen LogP contribution in [0.3, 0.4) is 0 Å². The normalized spacial score (nSPS) is 10.2. The molecular formula is C12H9FN2O3S. The second kappa shape index (κ2) is 5.15. The molecule has 0 bridgehead atoms. The summed E-state index contributed by atoms with van der Waals surface area (Å²) in [6.07, 6.45) is 0. The van der Waals surface area contributed by atoms with E-state index in [1.165, 1.54) is 11.6 Å². The van der Waals surface area contributed by atoms with Crippen LogP contribution in [0.1, 0.15) is 25.7 Å². The standard InChI is InChI=1S/C12H9FN2O3S/c1-6-10(19-5-14-6)11(16)15-9-3-2-7(13)4-8(9)12(17)18/h2-5H,1H3,(H,15,16)(H,17,18). The van der Waals surface area contributed by atoms with E-state index in [-0.39, 0.29) is 11.3 Å². The predicted octanol–water partition coefficient (Wildman–Crippen LogP) is 2.54. The fourth-order valence-corrected chi connectivity index (χ4v) is 2.20. The molecule has 0 atom stereocenters. The molecule has 0 aliphatic rings. The molecule has 0 saturated carbocycles. The zero-order chi connectivity index (χ0) is 14.0. The Morgan fingerprint density at radius 3 is 2.74 bits per heavy atom. The smallest absolute Gasteiger partial charge is 0.337 e. The molecule has 0 aliphatic carbocycles. The van der Waals surface area contributed by atoms with E-state index in [2.05, 4.69) is 10.3 Å². The van der Waals surface area contributed by atoms with E-state index in [9.17, 15) is 14.0 Å². The number of aromatic carboxylic acids is 1. The number of anilines is 1. The highest BCUT2D eigenvalue weighted by Crippen LogP contribution is 2.20. The van der Waals surface area contributed by atoms with Gasteiger partial charge in [-0.2, -0.15) is 0 Å². The van der Waals surface area contributed by atoms with Gasteiger partial charge in [-0.25, -0.2) is 14.2 Å². The third-order valence-electron chi connectivity index (χ3n) is 2.41. The minimum atomic E-state index is -1.31. The van der Waals surface area contributed by atoms with Gasteiger partial charge in [-0.05, 0) is 25.1 Å². The van der Waals surface area contributed by atoms with Crippen molar-refractivity contribution in [3.8, 4) is 0 Å². The Morgan fingerprint density at radius 1 is 1.42 bits per heavy atom.